The number of ether oxygens (including phenoxy) is 1. The third-order valence-electron chi connectivity index (χ3n) is 1.61. The van der Waals surface area contributed by atoms with Crippen LogP contribution in [0.3, 0.4) is 0 Å². The van der Waals surface area contributed by atoms with E-state index in [1.807, 2.05) is 32.0 Å². The average molecular weight is 196 g/mol. The predicted molar refractivity (Wildman–Crippen MR) is 53.8 cm³/mol. The summed E-state index contributed by atoms with van der Waals surface area (Å²) < 4.78 is 5.45. The van der Waals surface area contributed by atoms with E-state index in [-0.39, 0.29) is 6.10 Å². The smallest absolute Gasteiger partial charge is 0.213 e. The minimum atomic E-state index is 0.142. The first kappa shape index (κ1) is 10.9. The fraction of sp³-hybridized carbons (Fsp3) is 0.500. The van der Waals surface area contributed by atoms with Gasteiger partial charge in [0.15, 0.2) is 0 Å². The lowest BCUT2D eigenvalue weighted by molar-refractivity contribution is 0.140. The molecule has 0 radical (unpaired) electrons. The Morgan fingerprint density at radius 1 is 1.43 bits per heavy atom. The minimum Gasteiger partial charge on any atom is -0.475 e. The lowest BCUT2D eigenvalue weighted by atomic mass is 10.3. The molecule has 0 unspecified atom stereocenters. The summed E-state index contributed by atoms with van der Waals surface area (Å²) in [4.78, 5) is 8.78. The van der Waals surface area contributed by atoms with Crippen molar-refractivity contribution in [1.29, 1.82) is 0 Å². The van der Waals surface area contributed by atoms with E-state index < -0.39 is 0 Å². The largest absolute Gasteiger partial charge is 0.475 e. The van der Waals surface area contributed by atoms with E-state index in [9.17, 15) is 0 Å². The van der Waals surface area contributed by atoms with Crippen LogP contribution in [0, 0.1) is 0 Å². The van der Waals surface area contributed by atoms with Gasteiger partial charge in [-0.3, -0.25) is 0 Å². The van der Waals surface area contributed by atoms with Gasteiger partial charge in [-0.2, -0.15) is 0 Å². The van der Waals surface area contributed by atoms with Crippen LogP contribution in [-0.4, -0.2) is 17.7 Å². The van der Waals surface area contributed by atoms with Crippen molar-refractivity contribution in [2.45, 2.75) is 26.4 Å². The number of hydrogen-bond acceptors (Lipinski definition) is 4. The van der Waals surface area contributed by atoms with E-state index in [0.29, 0.717) is 18.9 Å². The van der Waals surface area contributed by atoms with Gasteiger partial charge in [-0.15, -0.1) is 0 Å². The molecule has 0 amide bonds. The second-order valence-corrected chi connectivity index (χ2v) is 3.25. The molecule has 4 heteroatoms. The quantitative estimate of drug-likeness (QED) is 0.721. The molecule has 0 saturated carbocycles. The summed E-state index contributed by atoms with van der Waals surface area (Å²) in [7, 11) is 0. The zero-order valence-electron chi connectivity index (χ0n) is 8.56. The summed E-state index contributed by atoms with van der Waals surface area (Å²) in [6.07, 6.45) is 0.842. The summed E-state index contributed by atoms with van der Waals surface area (Å²) in [5.41, 5.74) is 0.925. The lowest BCUT2D eigenvalue weighted by Crippen LogP contribution is -2.09. The molecule has 1 aromatic heterocycles. The Morgan fingerprint density at radius 3 is 2.86 bits per heavy atom. The van der Waals surface area contributed by atoms with Crippen molar-refractivity contribution in [2.24, 2.45) is 5.90 Å². The second kappa shape index (κ2) is 5.57. The molecule has 0 aliphatic carbocycles. The molecule has 0 aliphatic heterocycles. The molecular weight excluding hydrogens is 180 g/mol. The number of nitrogens with zero attached hydrogens (tertiary/aromatic N) is 1. The highest BCUT2D eigenvalue weighted by Gasteiger charge is 2.00. The summed E-state index contributed by atoms with van der Waals surface area (Å²) in [6, 6.07) is 5.68. The van der Waals surface area contributed by atoms with Gasteiger partial charge in [0.2, 0.25) is 5.88 Å². The molecule has 14 heavy (non-hydrogen) atoms. The lowest BCUT2D eigenvalue weighted by Gasteiger charge is -2.09. The number of aromatic nitrogens is 1. The van der Waals surface area contributed by atoms with Crippen molar-refractivity contribution in [2.75, 3.05) is 6.61 Å². The van der Waals surface area contributed by atoms with Crippen LogP contribution in [0.4, 0.5) is 0 Å². The summed E-state index contributed by atoms with van der Waals surface area (Å²) in [5.74, 6) is 5.58. The molecule has 0 saturated heterocycles. The van der Waals surface area contributed by atoms with Crippen LogP contribution in [0.5, 0.6) is 5.88 Å². The molecule has 1 rings (SSSR count). The standard InChI is InChI=1S/C10H16N2O2/c1-8(2)14-10-5-3-4-9(12-10)6-7-13-11/h3-5,8H,6-7,11H2,1-2H3. The first-order valence-electron chi connectivity index (χ1n) is 4.66. The van der Waals surface area contributed by atoms with E-state index in [1.165, 1.54) is 0 Å². The van der Waals surface area contributed by atoms with Crippen LogP contribution >= 0.6 is 0 Å². The molecule has 0 spiro atoms. The van der Waals surface area contributed by atoms with Gasteiger partial charge in [-0.25, -0.2) is 10.9 Å². The van der Waals surface area contributed by atoms with Crippen molar-refractivity contribution in [3.8, 4) is 5.88 Å². The maximum absolute atomic E-state index is 5.45. The zero-order valence-corrected chi connectivity index (χ0v) is 8.56. The molecule has 1 aromatic rings. The Morgan fingerprint density at radius 2 is 2.21 bits per heavy atom. The Kier molecular flexibility index (Phi) is 4.35. The summed E-state index contributed by atoms with van der Waals surface area (Å²) in [6.45, 7) is 4.41. The third kappa shape index (κ3) is 3.72. The van der Waals surface area contributed by atoms with E-state index in [0.717, 1.165) is 5.69 Å². The number of hydrogen-bond donors (Lipinski definition) is 1. The Bertz CT molecular complexity index is 277. The van der Waals surface area contributed by atoms with Crippen LogP contribution in [-0.2, 0) is 11.3 Å². The number of pyridine rings is 1. The SMILES string of the molecule is CC(C)Oc1cccc(CCON)n1. The summed E-state index contributed by atoms with van der Waals surface area (Å²) in [5, 5.41) is 0. The van der Waals surface area contributed by atoms with E-state index in [4.69, 9.17) is 10.6 Å². The Labute approximate surface area is 84.0 Å². The van der Waals surface area contributed by atoms with Gasteiger partial charge in [0, 0.05) is 18.2 Å². The topological polar surface area (TPSA) is 57.4 Å². The molecule has 0 fully saturated rings. The van der Waals surface area contributed by atoms with Crippen LogP contribution in [0.25, 0.3) is 0 Å². The molecule has 2 N–H and O–H groups in total. The van der Waals surface area contributed by atoms with E-state index in [2.05, 4.69) is 9.82 Å². The zero-order chi connectivity index (χ0) is 10.4. The van der Waals surface area contributed by atoms with Crippen LogP contribution in [0.2, 0.25) is 0 Å². The fourth-order valence-corrected chi connectivity index (χ4v) is 1.07. The normalized spacial score (nSPS) is 10.6. The van der Waals surface area contributed by atoms with E-state index >= 15 is 0 Å². The van der Waals surface area contributed by atoms with Crippen molar-refractivity contribution in [3.63, 3.8) is 0 Å². The monoisotopic (exact) mass is 196 g/mol. The summed E-state index contributed by atoms with van der Waals surface area (Å²) >= 11 is 0. The van der Waals surface area contributed by atoms with Crippen LogP contribution < -0.4 is 10.6 Å². The first-order chi connectivity index (χ1) is 6.72. The van der Waals surface area contributed by atoms with Crippen molar-refractivity contribution in [3.05, 3.63) is 23.9 Å². The Balaban J connectivity index is 2.59. The van der Waals surface area contributed by atoms with Gasteiger partial charge in [-0.05, 0) is 19.9 Å². The highest BCUT2D eigenvalue weighted by molar-refractivity contribution is 5.16. The van der Waals surface area contributed by atoms with Gasteiger partial charge in [0.05, 0.1) is 12.7 Å². The molecular formula is C10H16N2O2. The number of nitrogens with two attached hydrogens (primary N) is 1. The maximum Gasteiger partial charge on any atom is 0.213 e. The average Bonchev–Trinajstić information content (AvgIpc) is 2.14. The second-order valence-electron chi connectivity index (χ2n) is 3.25. The van der Waals surface area contributed by atoms with Crippen molar-refractivity contribution < 1.29 is 9.57 Å². The Hall–Kier alpha value is -1.13. The first-order valence-corrected chi connectivity index (χ1v) is 4.66. The van der Waals surface area contributed by atoms with Gasteiger partial charge in [0.1, 0.15) is 0 Å². The van der Waals surface area contributed by atoms with Crippen molar-refractivity contribution in [1.82, 2.24) is 4.98 Å². The molecule has 78 valence electrons. The molecule has 0 atom stereocenters. The molecule has 0 aliphatic rings. The van der Waals surface area contributed by atoms with Crippen LogP contribution in [0.1, 0.15) is 19.5 Å². The minimum absolute atomic E-state index is 0.142. The van der Waals surface area contributed by atoms with Gasteiger partial charge in [-0.1, -0.05) is 6.07 Å². The van der Waals surface area contributed by atoms with Gasteiger partial charge < -0.3 is 9.57 Å². The molecule has 1 heterocycles. The number of rotatable bonds is 5. The van der Waals surface area contributed by atoms with Crippen LogP contribution in [0.15, 0.2) is 18.2 Å². The van der Waals surface area contributed by atoms with Crippen molar-refractivity contribution >= 4 is 0 Å². The fourth-order valence-electron chi connectivity index (χ4n) is 1.07. The predicted octanol–water partition coefficient (Wildman–Crippen LogP) is 1.30. The molecule has 0 aromatic carbocycles. The van der Waals surface area contributed by atoms with E-state index in [1.54, 1.807) is 0 Å². The molecule has 0 bridgehead atoms. The highest BCUT2D eigenvalue weighted by Crippen LogP contribution is 2.09. The third-order valence-corrected chi connectivity index (χ3v) is 1.61. The maximum atomic E-state index is 5.45. The van der Waals surface area contributed by atoms with Gasteiger partial charge >= 0.3 is 0 Å². The molecule has 4 nitrogen and oxygen atoms in total. The highest BCUT2D eigenvalue weighted by atomic mass is 16.6. The van der Waals surface area contributed by atoms with Gasteiger partial charge in [0.25, 0.3) is 0 Å².